The first-order chi connectivity index (χ1) is 9.78. The average Bonchev–Trinajstić information content (AvgIpc) is 3.08. The van der Waals surface area contributed by atoms with Crippen LogP contribution in [0.2, 0.25) is 38.8 Å². The second-order valence-corrected chi connectivity index (χ2v) is 17.9. The van der Waals surface area contributed by atoms with Crippen molar-refractivity contribution in [1.29, 1.82) is 0 Å². The Morgan fingerprint density at radius 2 is 1.62 bits per heavy atom. The van der Waals surface area contributed by atoms with Crippen LogP contribution in [0.5, 0.6) is 0 Å². The van der Waals surface area contributed by atoms with Gasteiger partial charge in [0.25, 0.3) is 0 Å². The molecule has 124 valence electrons. The molecule has 2 fully saturated rings. The lowest BCUT2D eigenvalue weighted by atomic mass is 10.5. The SMILES string of the molecule is C[SiH]1O[Si](C)(C)O[SiH](C)O[Si](C)(CCCOCC2CO2)O1. The van der Waals surface area contributed by atoms with Gasteiger partial charge in [-0.25, -0.2) is 0 Å². The zero-order valence-corrected chi connectivity index (χ0v) is 18.0. The Morgan fingerprint density at radius 3 is 2.14 bits per heavy atom. The maximum Gasteiger partial charge on any atom is 0.317 e. The predicted molar refractivity (Wildman–Crippen MR) is 89.4 cm³/mol. The molecule has 0 aromatic carbocycles. The zero-order valence-electron chi connectivity index (χ0n) is 13.7. The van der Waals surface area contributed by atoms with Crippen LogP contribution in [0.4, 0.5) is 0 Å². The number of rotatable bonds is 6. The first-order valence-corrected chi connectivity index (χ1v) is 17.2. The minimum Gasteiger partial charge on any atom is -0.418 e. The summed E-state index contributed by atoms with van der Waals surface area (Å²) in [5, 5.41) is 0. The van der Waals surface area contributed by atoms with Crippen molar-refractivity contribution in [3.05, 3.63) is 0 Å². The molecule has 3 unspecified atom stereocenters. The highest BCUT2D eigenvalue weighted by Gasteiger charge is 2.42. The van der Waals surface area contributed by atoms with Gasteiger partial charge >= 0.3 is 35.7 Å². The summed E-state index contributed by atoms with van der Waals surface area (Å²) < 4.78 is 35.4. The summed E-state index contributed by atoms with van der Waals surface area (Å²) in [7, 11) is -7.59. The first kappa shape index (κ1) is 18.0. The summed E-state index contributed by atoms with van der Waals surface area (Å²) >= 11 is 0. The summed E-state index contributed by atoms with van der Waals surface area (Å²) in [4.78, 5) is 0. The molecule has 0 bridgehead atoms. The van der Waals surface area contributed by atoms with Crippen LogP contribution in [0.1, 0.15) is 6.42 Å². The molecular formula is C11H28O6Si4. The Kier molecular flexibility index (Phi) is 6.39. The van der Waals surface area contributed by atoms with E-state index in [-0.39, 0.29) is 0 Å². The van der Waals surface area contributed by atoms with Crippen LogP contribution < -0.4 is 0 Å². The second kappa shape index (κ2) is 7.46. The Bertz CT molecular complexity index is 325. The molecule has 0 saturated carbocycles. The van der Waals surface area contributed by atoms with E-state index in [1.54, 1.807) is 0 Å². The summed E-state index contributed by atoms with van der Waals surface area (Å²) in [6, 6.07) is 0.932. The molecule has 2 aliphatic heterocycles. The Balaban J connectivity index is 1.77. The third kappa shape index (κ3) is 6.72. The fraction of sp³-hybridized carbons (Fsp3) is 1.00. The minimum absolute atomic E-state index is 0.334. The van der Waals surface area contributed by atoms with Gasteiger partial charge in [0, 0.05) is 6.61 Å². The molecule has 0 radical (unpaired) electrons. The molecule has 2 heterocycles. The van der Waals surface area contributed by atoms with Crippen molar-refractivity contribution in [3.63, 3.8) is 0 Å². The third-order valence-electron chi connectivity index (χ3n) is 3.36. The maximum absolute atomic E-state index is 6.27. The summed E-state index contributed by atoms with van der Waals surface area (Å²) in [6.45, 7) is 12.7. The summed E-state index contributed by atoms with van der Waals surface area (Å²) in [5.74, 6) is 0. The first-order valence-electron chi connectivity index (χ1n) is 7.69. The third-order valence-corrected chi connectivity index (χ3v) is 18.5. The van der Waals surface area contributed by atoms with Crippen molar-refractivity contribution in [2.24, 2.45) is 0 Å². The summed E-state index contributed by atoms with van der Waals surface area (Å²) in [6.07, 6.45) is 1.29. The van der Waals surface area contributed by atoms with Gasteiger partial charge in [0.15, 0.2) is 0 Å². The van der Waals surface area contributed by atoms with Crippen molar-refractivity contribution < 1.29 is 25.9 Å². The van der Waals surface area contributed by atoms with Gasteiger partial charge in [0.2, 0.25) is 0 Å². The molecule has 0 spiro atoms. The maximum atomic E-state index is 6.27. The fourth-order valence-corrected chi connectivity index (χ4v) is 19.0. The highest BCUT2D eigenvalue weighted by atomic mass is 28.5. The highest BCUT2D eigenvalue weighted by Crippen LogP contribution is 2.24. The van der Waals surface area contributed by atoms with Gasteiger partial charge in [-0.05, 0) is 45.2 Å². The zero-order chi connectivity index (χ0) is 15.5. The molecule has 0 aliphatic carbocycles. The molecule has 3 atom stereocenters. The Hall–Kier alpha value is 0.628. The van der Waals surface area contributed by atoms with Crippen LogP contribution in [0.15, 0.2) is 0 Å². The summed E-state index contributed by atoms with van der Waals surface area (Å²) in [5.41, 5.74) is 0. The van der Waals surface area contributed by atoms with Gasteiger partial charge in [-0.15, -0.1) is 0 Å². The van der Waals surface area contributed by atoms with Crippen molar-refractivity contribution in [2.75, 3.05) is 19.8 Å². The smallest absolute Gasteiger partial charge is 0.317 e. The van der Waals surface area contributed by atoms with Gasteiger partial charge in [-0.3, -0.25) is 0 Å². The van der Waals surface area contributed by atoms with E-state index < -0.39 is 35.7 Å². The fourth-order valence-electron chi connectivity index (χ4n) is 2.60. The lowest BCUT2D eigenvalue weighted by molar-refractivity contribution is 0.115. The topological polar surface area (TPSA) is 58.7 Å². The van der Waals surface area contributed by atoms with E-state index in [0.717, 1.165) is 25.7 Å². The number of hydrogen-bond acceptors (Lipinski definition) is 6. The van der Waals surface area contributed by atoms with E-state index in [0.29, 0.717) is 12.7 Å². The number of ether oxygens (including phenoxy) is 2. The van der Waals surface area contributed by atoms with Crippen LogP contribution in [0.3, 0.4) is 0 Å². The lowest BCUT2D eigenvalue weighted by Gasteiger charge is -2.40. The van der Waals surface area contributed by atoms with Crippen LogP contribution >= 0.6 is 0 Å². The molecule has 2 aliphatic rings. The van der Waals surface area contributed by atoms with E-state index in [1.165, 1.54) is 0 Å². The Labute approximate surface area is 133 Å². The van der Waals surface area contributed by atoms with Gasteiger partial charge < -0.3 is 25.9 Å². The van der Waals surface area contributed by atoms with Crippen LogP contribution in [-0.4, -0.2) is 61.6 Å². The average molecular weight is 369 g/mol. The standard InChI is InChI=1S/C11H28O6Si4/c1-18-14-20(3,4)15-19(2)17-21(5,16-18)8-6-7-12-9-11-10-13-11/h11,18-19H,6-10H2,1-5H3. The molecule has 2 rings (SSSR count). The molecule has 0 amide bonds. The second-order valence-electron chi connectivity index (χ2n) is 6.27. The van der Waals surface area contributed by atoms with Crippen LogP contribution in [0.25, 0.3) is 0 Å². The predicted octanol–water partition coefficient (Wildman–Crippen LogP) is 1.35. The van der Waals surface area contributed by atoms with Crippen molar-refractivity contribution in [3.8, 4) is 0 Å². The molecule has 0 N–H and O–H groups in total. The van der Waals surface area contributed by atoms with Crippen molar-refractivity contribution in [2.45, 2.75) is 51.3 Å². The lowest BCUT2D eigenvalue weighted by Crippen LogP contribution is -2.56. The Morgan fingerprint density at radius 1 is 1.05 bits per heavy atom. The molecule has 21 heavy (non-hydrogen) atoms. The normalized spacial score (nSPS) is 39.6. The monoisotopic (exact) mass is 368 g/mol. The molecule has 0 aromatic rings. The minimum atomic E-state index is -2.18. The van der Waals surface area contributed by atoms with E-state index >= 15 is 0 Å². The van der Waals surface area contributed by atoms with Gasteiger partial charge in [0.1, 0.15) is 6.10 Å². The van der Waals surface area contributed by atoms with E-state index in [9.17, 15) is 0 Å². The van der Waals surface area contributed by atoms with Crippen LogP contribution in [0, 0.1) is 0 Å². The van der Waals surface area contributed by atoms with E-state index in [2.05, 4.69) is 32.7 Å². The van der Waals surface area contributed by atoms with Gasteiger partial charge in [-0.1, -0.05) is 0 Å². The number of epoxide rings is 1. The van der Waals surface area contributed by atoms with E-state index in [1.807, 2.05) is 0 Å². The van der Waals surface area contributed by atoms with Gasteiger partial charge in [-0.2, -0.15) is 0 Å². The van der Waals surface area contributed by atoms with Crippen LogP contribution in [-0.2, 0) is 25.9 Å². The van der Waals surface area contributed by atoms with Crippen molar-refractivity contribution in [1.82, 2.24) is 0 Å². The molecule has 6 nitrogen and oxygen atoms in total. The largest absolute Gasteiger partial charge is 0.418 e. The molecule has 2 saturated heterocycles. The highest BCUT2D eigenvalue weighted by molar-refractivity contribution is 6.84. The van der Waals surface area contributed by atoms with Crippen molar-refractivity contribution >= 4 is 35.7 Å². The van der Waals surface area contributed by atoms with E-state index in [4.69, 9.17) is 25.9 Å². The molecule has 0 aromatic heterocycles. The van der Waals surface area contributed by atoms with Gasteiger partial charge in [0.05, 0.1) is 13.2 Å². The quantitative estimate of drug-likeness (QED) is 0.401. The molecular weight excluding hydrogens is 340 g/mol. The number of hydrogen-bond donors (Lipinski definition) is 0. The molecule has 10 heteroatoms.